The fourth-order valence-corrected chi connectivity index (χ4v) is 5.54. The second-order valence-electron chi connectivity index (χ2n) is 8.74. The van der Waals surface area contributed by atoms with Crippen LogP contribution in [0.25, 0.3) is 6.08 Å². The Morgan fingerprint density at radius 2 is 1.66 bits per heavy atom. The quantitative estimate of drug-likeness (QED) is 0.476. The highest BCUT2D eigenvalue weighted by Gasteiger charge is 2.29. The number of rotatable bonds is 3. The molecule has 1 fully saturated rings. The molecule has 178 valence electrons. The van der Waals surface area contributed by atoms with Crippen molar-refractivity contribution in [3.63, 3.8) is 0 Å². The van der Waals surface area contributed by atoms with E-state index in [2.05, 4.69) is 0 Å². The molecule has 3 aromatic rings. The van der Waals surface area contributed by atoms with E-state index < -0.39 is 0 Å². The Morgan fingerprint density at radius 1 is 0.943 bits per heavy atom. The Balaban J connectivity index is 1.32. The Morgan fingerprint density at radius 3 is 2.40 bits per heavy atom. The van der Waals surface area contributed by atoms with Gasteiger partial charge in [-0.2, -0.15) is 0 Å². The number of fused-ring (bicyclic) bond motifs is 1. The van der Waals surface area contributed by atoms with Gasteiger partial charge in [-0.3, -0.25) is 9.59 Å². The number of thioether (sulfide) groups is 1. The first-order valence-electron chi connectivity index (χ1n) is 11.6. The molecular formula is C28H26FN3O2S. The topological polar surface area (TPSA) is 43.9 Å². The Kier molecular flexibility index (Phi) is 6.34. The summed E-state index contributed by atoms with van der Waals surface area (Å²) in [5, 5.41) is 0. The maximum absolute atomic E-state index is 14.1. The van der Waals surface area contributed by atoms with Crippen LogP contribution in [-0.4, -0.2) is 49.9 Å². The van der Waals surface area contributed by atoms with Gasteiger partial charge >= 0.3 is 0 Å². The van der Waals surface area contributed by atoms with E-state index in [-0.39, 0.29) is 17.6 Å². The Hall–Kier alpha value is -3.58. The zero-order valence-corrected chi connectivity index (χ0v) is 20.5. The van der Waals surface area contributed by atoms with Gasteiger partial charge in [0.05, 0.1) is 16.3 Å². The molecule has 35 heavy (non-hydrogen) atoms. The molecule has 5 nitrogen and oxygen atoms in total. The number of benzene rings is 3. The van der Waals surface area contributed by atoms with Crippen molar-refractivity contribution in [3.05, 3.63) is 94.1 Å². The number of aryl methyl sites for hydroxylation is 1. The average molecular weight is 488 g/mol. The molecule has 0 bridgehead atoms. The molecule has 2 aliphatic heterocycles. The number of carbonyl (C=O) groups excluding carboxylic acids is 2. The number of para-hydroxylation sites is 1. The van der Waals surface area contributed by atoms with Gasteiger partial charge < -0.3 is 14.7 Å². The predicted molar refractivity (Wildman–Crippen MR) is 139 cm³/mol. The lowest BCUT2D eigenvalue weighted by atomic mass is 10.1. The summed E-state index contributed by atoms with van der Waals surface area (Å²) in [5.74, 6) is -0.412. The third kappa shape index (κ3) is 4.56. The fourth-order valence-electron chi connectivity index (χ4n) is 4.46. The number of piperazine rings is 1. The van der Waals surface area contributed by atoms with E-state index in [1.54, 1.807) is 35.0 Å². The molecule has 0 radical (unpaired) electrons. The van der Waals surface area contributed by atoms with Crippen molar-refractivity contribution in [1.29, 1.82) is 0 Å². The summed E-state index contributed by atoms with van der Waals surface area (Å²) in [6.07, 6.45) is 1.93. The van der Waals surface area contributed by atoms with Gasteiger partial charge in [-0.05, 0) is 54.5 Å². The van der Waals surface area contributed by atoms with Crippen molar-refractivity contribution in [2.75, 3.05) is 43.0 Å². The SMILES string of the molecule is Cc1ccccc1/C=C1\Sc2ccc(C(=O)N3CCN(c4ccccc4F)CC3)cc2N(C)C1=O. The summed E-state index contributed by atoms with van der Waals surface area (Å²) < 4.78 is 14.1. The first-order valence-corrected chi connectivity index (χ1v) is 12.4. The van der Waals surface area contributed by atoms with Crippen LogP contribution in [0.15, 0.2) is 76.5 Å². The second-order valence-corrected chi connectivity index (χ2v) is 9.83. The largest absolute Gasteiger partial charge is 0.366 e. The fraction of sp³-hybridized carbons (Fsp3) is 0.214. The molecule has 7 heteroatoms. The Bertz CT molecular complexity index is 1330. The normalized spacial score (nSPS) is 17.1. The van der Waals surface area contributed by atoms with Crippen LogP contribution in [0.3, 0.4) is 0 Å². The van der Waals surface area contributed by atoms with Gasteiger partial charge in [-0.1, -0.05) is 48.2 Å². The second kappa shape index (κ2) is 9.58. The summed E-state index contributed by atoms with van der Waals surface area (Å²) in [7, 11) is 1.74. The number of likely N-dealkylation sites (N-methyl/N-ethyl adjacent to an activating group) is 1. The molecule has 0 aromatic heterocycles. The number of halogens is 1. The van der Waals surface area contributed by atoms with Gasteiger partial charge in [-0.15, -0.1) is 0 Å². The van der Waals surface area contributed by atoms with Crippen molar-refractivity contribution in [2.45, 2.75) is 11.8 Å². The van der Waals surface area contributed by atoms with Crippen LogP contribution >= 0.6 is 11.8 Å². The van der Waals surface area contributed by atoms with E-state index in [9.17, 15) is 14.0 Å². The summed E-state index contributed by atoms with van der Waals surface area (Å²) in [4.78, 5) is 33.3. The summed E-state index contributed by atoms with van der Waals surface area (Å²) in [6, 6.07) is 20.2. The standard InChI is InChI=1S/C28H26FN3O2S/c1-19-7-3-4-8-20(19)18-26-28(34)30(2)24-17-21(11-12-25(24)35-26)27(33)32-15-13-31(14-16-32)23-10-6-5-9-22(23)29/h3-12,17-18H,13-16H2,1-2H3/b26-18-. The van der Waals surface area contributed by atoms with E-state index in [0.29, 0.717) is 42.3 Å². The van der Waals surface area contributed by atoms with Gasteiger partial charge in [0.15, 0.2) is 0 Å². The van der Waals surface area contributed by atoms with Crippen LogP contribution in [0.2, 0.25) is 0 Å². The van der Waals surface area contributed by atoms with E-state index >= 15 is 0 Å². The molecular weight excluding hydrogens is 461 g/mol. The molecule has 0 N–H and O–H groups in total. The average Bonchev–Trinajstić information content (AvgIpc) is 2.88. The number of hydrogen-bond acceptors (Lipinski definition) is 4. The van der Waals surface area contributed by atoms with Crippen molar-refractivity contribution in [3.8, 4) is 0 Å². The molecule has 3 aromatic carbocycles. The van der Waals surface area contributed by atoms with Crippen LogP contribution < -0.4 is 9.80 Å². The lowest BCUT2D eigenvalue weighted by Gasteiger charge is -2.36. The first-order chi connectivity index (χ1) is 16.9. The summed E-state index contributed by atoms with van der Waals surface area (Å²) >= 11 is 1.43. The maximum atomic E-state index is 14.1. The minimum absolute atomic E-state index is 0.0759. The monoisotopic (exact) mass is 487 g/mol. The summed E-state index contributed by atoms with van der Waals surface area (Å²) in [6.45, 7) is 4.18. The number of nitrogens with zero attached hydrogens (tertiary/aromatic N) is 3. The van der Waals surface area contributed by atoms with Crippen molar-refractivity contribution >= 4 is 41.0 Å². The molecule has 0 atom stereocenters. The molecule has 2 heterocycles. The highest BCUT2D eigenvalue weighted by molar-refractivity contribution is 8.04. The number of anilines is 2. The highest BCUT2D eigenvalue weighted by atomic mass is 32.2. The predicted octanol–water partition coefficient (Wildman–Crippen LogP) is 5.21. The molecule has 0 unspecified atom stereocenters. The van der Waals surface area contributed by atoms with E-state index in [0.717, 1.165) is 21.7 Å². The lowest BCUT2D eigenvalue weighted by molar-refractivity contribution is -0.114. The van der Waals surface area contributed by atoms with Crippen molar-refractivity contribution in [2.24, 2.45) is 0 Å². The summed E-state index contributed by atoms with van der Waals surface area (Å²) in [5.41, 5.74) is 3.98. The molecule has 0 saturated carbocycles. The van der Waals surface area contributed by atoms with Crippen LogP contribution in [0, 0.1) is 12.7 Å². The highest BCUT2D eigenvalue weighted by Crippen LogP contribution is 2.42. The molecule has 0 spiro atoms. The van der Waals surface area contributed by atoms with Gasteiger partial charge in [0.2, 0.25) is 0 Å². The van der Waals surface area contributed by atoms with Gasteiger partial charge in [0, 0.05) is 43.7 Å². The van der Waals surface area contributed by atoms with E-state index in [1.807, 2.05) is 60.4 Å². The van der Waals surface area contributed by atoms with Crippen LogP contribution in [0.5, 0.6) is 0 Å². The van der Waals surface area contributed by atoms with E-state index in [4.69, 9.17) is 0 Å². The third-order valence-electron chi connectivity index (χ3n) is 6.54. The van der Waals surface area contributed by atoms with Crippen molar-refractivity contribution in [1.82, 2.24) is 4.90 Å². The van der Waals surface area contributed by atoms with Gasteiger partial charge in [-0.25, -0.2) is 4.39 Å². The molecule has 0 aliphatic carbocycles. The first kappa shape index (κ1) is 23.2. The number of amides is 2. The molecule has 2 aliphatic rings. The van der Waals surface area contributed by atoms with Crippen LogP contribution in [0.1, 0.15) is 21.5 Å². The zero-order valence-electron chi connectivity index (χ0n) is 19.7. The molecule has 1 saturated heterocycles. The van der Waals surface area contributed by atoms with E-state index in [1.165, 1.54) is 17.8 Å². The van der Waals surface area contributed by atoms with Gasteiger partial charge in [0.25, 0.3) is 11.8 Å². The molecule has 2 amide bonds. The Labute approximate surface area is 208 Å². The molecule has 5 rings (SSSR count). The number of hydrogen-bond donors (Lipinski definition) is 0. The zero-order chi connectivity index (χ0) is 24.5. The van der Waals surface area contributed by atoms with Crippen molar-refractivity contribution < 1.29 is 14.0 Å². The minimum Gasteiger partial charge on any atom is -0.366 e. The smallest absolute Gasteiger partial charge is 0.264 e. The van der Waals surface area contributed by atoms with Gasteiger partial charge in [0.1, 0.15) is 5.82 Å². The van der Waals surface area contributed by atoms with Crippen LogP contribution in [-0.2, 0) is 4.79 Å². The minimum atomic E-state index is -0.247. The van der Waals surface area contributed by atoms with Crippen LogP contribution in [0.4, 0.5) is 15.8 Å². The lowest BCUT2D eigenvalue weighted by Crippen LogP contribution is -2.49. The third-order valence-corrected chi connectivity index (χ3v) is 7.62. The maximum Gasteiger partial charge on any atom is 0.264 e. The number of carbonyl (C=O) groups is 2.